The average Bonchev–Trinajstić information content (AvgIpc) is 2.35. The Kier molecular flexibility index (Phi) is 2.21. The summed E-state index contributed by atoms with van der Waals surface area (Å²) in [5.74, 6) is 0.923. The number of aliphatic carboxylic acids is 1. The quantitative estimate of drug-likeness (QED) is 0.606. The van der Waals surface area contributed by atoms with E-state index in [1.165, 1.54) is 0 Å². The lowest BCUT2D eigenvalue weighted by Crippen LogP contribution is -2.50. The van der Waals surface area contributed by atoms with Crippen LogP contribution in [0.2, 0.25) is 0 Å². The topological polar surface area (TPSA) is 49.3 Å². The zero-order valence-electron chi connectivity index (χ0n) is 5.89. The number of hydrogen-bond donors (Lipinski definition) is 2. The summed E-state index contributed by atoms with van der Waals surface area (Å²) in [5, 5.41) is 11.6. The monoisotopic (exact) mass is 161 g/mol. The number of nitrogens with one attached hydrogen (secondary N) is 1. The lowest BCUT2D eigenvalue weighted by atomic mass is 10.0. The van der Waals surface area contributed by atoms with Gasteiger partial charge in [-0.3, -0.25) is 4.79 Å². The molecule has 0 aromatic heterocycles. The van der Waals surface area contributed by atoms with Crippen LogP contribution in [0, 0.1) is 0 Å². The van der Waals surface area contributed by atoms with E-state index in [1.54, 1.807) is 18.8 Å². The van der Waals surface area contributed by atoms with Crippen molar-refractivity contribution >= 4 is 17.7 Å². The van der Waals surface area contributed by atoms with Gasteiger partial charge in [0.1, 0.15) is 5.54 Å². The van der Waals surface area contributed by atoms with Crippen LogP contribution >= 0.6 is 11.8 Å². The van der Waals surface area contributed by atoms with Gasteiger partial charge in [0.15, 0.2) is 0 Å². The molecule has 1 atom stereocenters. The van der Waals surface area contributed by atoms with E-state index in [0.717, 1.165) is 12.2 Å². The molecule has 3 nitrogen and oxygen atoms in total. The summed E-state index contributed by atoms with van der Waals surface area (Å²) in [6.45, 7) is 0. The molecule has 0 aliphatic carbocycles. The van der Waals surface area contributed by atoms with E-state index in [1.807, 2.05) is 0 Å². The normalized spacial score (nSPS) is 32.5. The predicted molar refractivity (Wildman–Crippen MR) is 41.4 cm³/mol. The Morgan fingerprint density at radius 1 is 1.80 bits per heavy atom. The second-order valence-corrected chi connectivity index (χ2v) is 3.55. The number of rotatable bonds is 2. The highest BCUT2D eigenvalue weighted by atomic mass is 32.2. The molecule has 4 heteroatoms. The molecule has 1 rings (SSSR count). The lowest BCUT2D eigenvalue weighted by Gasteiger charge is -2.21. The van der Waals surface area contributed by atoms with Gasteiger partial charge < -0.3 is 10.4 Å². The first kappa shape index (κ1) is 7.88. The van der Waals surface area contributed by atoms with Gasteiger partial charge >= 0.3 is 5.97 Å². The molecule has 0 spiro atoms. The van der Waals surface area contributed by atoms with Gasteiger partial charge in [-0.25, -0.2) is 0 Å². The zero-order valence-corrected chi connectivity index (χ0v) is 6.70. The van der Waals surface area contributed by atoms with Gasteiger partial charge in [0.2, 0.25) is 0 Å². The lowest BCUT2D eigenvalue weighted by molar-refractivity contribution is -0.143. The number of carbonyl (C=O) groups is 1. The molecule has 0 amide bonds. The smallest absolute Gasteiger partial charge is 0.324 e. The fourth-order valence-corrected chi connectivity index (χ4v) is 2.44. The molecule has 1 aliphatic heterocycles. The Bertz CT molecular complexity index is 143. The maximum atomic E-state index is 10.7. The van der Waals surface area contributed by atoms with Gasteiger partial charge in [0, 0.05) is 5.75 Å². The van der Waals surface area contributed by atoms with Crippen LogP contribution in [0.3, 0.4) is 0 Å². The molecule has 2 N–H and O–H groups in total. The van der Waals surface area contributed by atoms with Gasteiger partial charge in [-0.1, -0.05) is 0 Å². The average molecular weight is 161 g/mol. The molecule has 0 bridgehead atoms. The van der Waals surface area contributed by atoms with Crippen molar-refractivity contribution in [2.45, 2.75) is 12.0 Å². The van der Waals surface area contributed by atoms with Crippen molar-refractivity contribution in [3.63, 3.8) is 0 Å². The number of carboxylic acids is 1. The molecule has 1 unspecified atom stereocenters. The summed E-state index contributed by atoms with van der Waals surface area (Å²) in [4.78, 5) is 10.7. The summed E-state index contributed by atoms with van der Waals surface area (Å²) in [5.41, 5.74) is -0.634. The first-order valence-electron chi connectivity index (χ1n) is 3.21. The van der Waals surface area contributed by atoms with Crippen molar-refractivity contribution in [2.75, 3.05) is 18.6 Å². The predicted octanol–water partition coefficient (Wildman–Crippen LogP) is 0.166. The summed E-state index contributed by atoms with van der Waals surface area (Å²) in [7, 11) is 1.71. The zero-order chi connectivity index (χ0) is 7.61. The van der Waals surface area contributed by atoms with E-state index in [4.69, 9.17) is 5.11 Å². The van der Waals surface area contributed by atoms with Crippen LogP contribution in [0.5, 0.6) is 0 Å². The van der Waals surface area contributed by atoms with E-state index in [2.05, 4.69) is 5.32 Å². The van der Waals surface area contributed by atoms with E-state index < -0.39 is 11.5 Å². The molecule has 1 aliphatic rings. The fourth-order valence-electron chi connectivity index (χ4n) is 1.04. The van der Waals surface area contributed by atoms with Crippen molar-refractivity contribution in [1.29, 1.82) is 0 Å². The number of likely N-dealkylation sites (N-methyl/N-ethyl adjacent to an activating group) is 1. The molecule has 0 saturated carbocycles. The van der Waals surface area contributed by atoms with Crippen LogP contribution in [0.15, 0.2) is 0 Å². The van der Waals surface area contributed by atoms with E-state index in [9.17, 15) is 4.79 Å². The highest BCUT2D eigenvalue weighted by Crippen LogP contribution is 2.27. The van der Waals surface area contributed by atoms with Crippen LogP contribution in [-0.4, -0.2) is 35.2 Å². The summed E-state index contributed by atoms with van der Waals surface area (Å²) in [6, 6.07) is 0. The summed E-state index contributed by atoms with van der Waals surface area (Å²) >= 11 is 1.69. The Balaban J connectivity index is 2.67. The third-order valence-corrected chi connectivity index (χ3v) is 3.10. The summed E-state index contributed by atoms with van der Waals surface area (Å²) in [6.07, 6.45) is 0.740. The van der Waals surface area contributed by atoms with Crippen LogP contribution in [0.25, 0.3) is 0 Å². The molecule has 0 radical (unpaired) electrons. The van der Waals surface area contributed by atoms with Crippen molar-refractivity contribution in [3.8, 4) is 0 Å². The minimum absolute atomic E-state index is 0.634. The van der Waals surface area contributed by atoms with Crippen LogP contribution in [0.1, 0.15) is 6.42 Å². The van der Waals surface area contributed by atoms with Gasteiger partial charge in [-0.15, -0.1) is 0 Å². The molecule has 0 aromatic carbocycles. The highest BCUT2D eigenvalue weighted by molar-refractivity contribution is 7.99. The molecule has 10 heavy (non-hydrogen) atoms. The molecule has 1 saturated heterocycles. The van der Waals surface area contributed by atoms with Crippen molar-refractivity contribution < 1.29 is 9.90 Å². The van der Waals surface area contributed by atoms with Crippen LogP contribution < -0.4 is 5.32 Å². The van der Waals surface area contributed by atoms with Gasteiger partial charge in [-0.05, 0) is 19.2 Å². The molecular weight excluding hydrogens is 150 g/mol. The first-order chi connectivity index (χ1) is 4.71. The number of thioether (sulfide) groups is 1. The Morgan fingerprint density at radius 3 is 2.70 bits per heavy atom. The Morgan fingerprint density at radius 2 is 2.50 bits per heavy atom. The van der Waals surface area contributed by atoms with Gasteiger partial charge in [-0.2, -0.15) is 11.8 Å². The van der Waals surface area contributed by atoms with Crippen LogP contribution in [0.4, 0.5) is 0 Å². The third kappa shape index (κ3) is 1.13. The number of hydrogen-bond acceptors (Lipinski definition) is 3. The van der Waals surface area contributed by atoms with Gasteiger partial charge in [0.05, 0.1) is 0 Å². The van der Waals surface area contributed by atoms with Crippen LogP contribution in [-0.2, 0) is 4.79 Å². The molecular formula is C6H11NO2S. The largest absolute Gasteiger partial charge is 0.480 e. The minimum Gasteiger partial charge on any atom is -0.480 e. The molecule has 1 fully saturated rings. The van der Waals surface area contributed by atoms with Crippen molar-refractivity contribution in [1.82, 2.24) is 5.32 Å². The maximum absolute atomic E-state index is 10.7. The molecule has 0 aromatic rings. The summed E-state index contributed by atoms with van der Waals surface area (Å²) < 4.78 is 0. The minimum atomic E-state index is -0.722. The van der Waals surface area contributed by atoms with E-state index in [0.29, 0.717) is 5.75 Å². The second kappa shape index (κ2) is 2.80. The highest BCUT2D eigenvalue weighted by Gasteiger charge is 2.40. The SMILES string of the molecule is CNC1(C(=O)O)CCSC1. The third-order valence-electron chi connectivity index (χ3n) is 1.91. The maximum Gasteiger partial charge on any atom is 0.324 e. The Labute approximate surface area is 64.2 Å². The Hall–Kier alpha value is -0.220. The molecule has 58 valence electrons. The van der Waals surface area contributed by atoms with Gasteiger partial charge in [0.25, 0.3) is 0 Å². The van der Waals surface area contributed by atoms with Crippen molar-refractivity contribution in [2.24, 2.45) is 0 Å². The first-order valence-corrected chi connectivity index (χ1v) is 4.37. The van der Waals surface area contributed by atoms with E-state index >= 15 is 0 Å². The molecule has 1 heterocycles. The fraction of sp³-hybridized carbons (Fsp3) is 0.833. The van der Waals surface area contributed by atoms with E-state index in [-0.39, 0.29) is 0 Å². The standard InChI is InChI=1S/C6H11NO2S/c1-7-6(5(8)9)2-3-10-4-6/h7H,2-4H2,1H3,(H,8,9). The second-order valence-electron chi connectivity index (χ2n) is 2.44. The van der Waals surface area contributed by atoms with Crippen molar-refractivity contribution in [3.05, 3.63) is 0 Å². The number of carboxylic acid groups (broad SMARTS) is 1.